The molecule has 0 spiro atoms. The number of piperidine rings is 1. The molecule has 1 amide bonds. The van der Waals surface area contributed by atoms with Gasteiger partial charge in [0.2, 0.25) is 17.6 Å². The van der Waals surface area contributed by atoms with Crippen LogP contribution in [0.1, 0.15) is 37.5 Å². The number of amides is 1. The van der Waals surface area contributed by atoms with Gasteiger partial charge in [0.1, 0.15) is 5.75 Å². The summed E-state index contributed by atoms with van der Waals surface area (Å²) < 4.78 is 15.2. The Morgan fingerprint density at radius 2 is 1.85 bits per heavy atom. The zero-order valence-corrected chi connectivity index (χ0v) is 15.5. The molecule has 2 aromatic rings. The lowest BCUT2D eigenvalue weighted by atomic mass is 9.96. The minimum Gasteiger partial charge on any atom is -0.497 e. The van der Waals surface area contributed by atoms with Gasteiger partial charge in [-0.2, -0.15) is 4.98 Å². The van der Waals surface area contributed by atoms with Crippen LogP contribution in [0.4, 0.5) is 0 Å². The van der Waals surface area contributed by atoms with Crippen LogP contribution in [0.25, 0.3) is 11.4 Å². The van der Waals surface area contributed by atoms with Crippen LogP contribution in [0.3, 0.4) is 0 Å². The Morgan fingerprint density at radius 3 is 2.48 bits per heavy atom. The number of carbonyl (C=O) groups is 2. The fourth-order valence-electron chi connectivity index (χ4n) is 3.10. The van der Waals surface area contributed by atoms with Crippen molar-refractivity contribution in [2.24, 2.45) is 0 Å². The van der Waals surface area contributed by atoms with E-state index < -0.39 is 0 Å². The Bertz CT molecular complexity index is 779. The number of ether oxygens (including phenoxy) is 2. The highest BCUT2D eigenvalue weighted by atomic mass is 16.5. The first kappa shape index (κ1) is 18.9. The van der Waals surface area contributed by atoms with Crippen molar-refractivity contribution in [2.75, 3.05) is 27.3 Å². The first-order valence-corrected chi connectivity index (χ1v) is 8.93. The van der Waals surface area contributed by atoms with E-state index in [0.29, 0.717) is 24.8 Å². The van der Waals surface area contributed by atoms with E-state index in [0.717, 1.165) is 24.2 Å². The summed E-state index contributed by atoms with van der Waals surface area (Å²) >= 11 is 0. The molecule has 2 heterocycles. The van der Waals surface area contributed by atoms with E-state index in [-0.39, 0.29) is 30.6 Å². The second kappa shape index (κ2) is 8.66. The number of aromatic nitrogens is 2. The maximum Gasteiger partial charge on any atom is 0.306 e. The van der Waals surface area contributed by atoms with E-state index in [9.17, 15) is 9.59 Å². The highest BCUT2D eigenvalue weighted by Gasteiger charge is 2.27. The molecule has 1 aliphatic rings. The number of hydrogen-bond donors (Lipinski definition) is 0. The summed E-state index contributed by atoms with van der Waals surface area (Å²) in [6.07, 6.45) is 1.81. The van der Waals surface area contributed by atoms with Crippen molar-refractivity contribution < 1.29 is 23.6 Å². The third-order valence-electron chi connectivity index (χ3n) is 4.76. The fourth-order valence-corrected chi connectivity index (χ4v) is 3.10. The molecule has 0 saturated carbocycles. The molecule has 1 aromatic carbocycles. The van der Waals surface area contributed by atoms with Gasteiger partial charge in [-0.1, -0.05) is 5.16 Å². The molecular formula is C19H23N3O5. The first-order chi connectivity index (χ1) is 13.1. The molecule has 0 atom stereocenters. The number of rotatable bonds is 6. The van der Waals surface area contributed by atoms with E-state index >= 15 is 0 Å². The largest absolute Gasteiger partial charge is 0.497 e. The van der Waals surface area contributed by atoms with Gasteiger partial charge < -0.3 is 18.9 Å². The van der Waals surface area contributed by atoms with Crippen LogP contribution < -0.4 is 4.74 Å². The summed E-state index contributed by atoms with van der Waals surface area (Å²) in [7, 11) is 2.94. The van der Waals surface area contributed by atoms with Crippen LogP contribution in [0.5, 0.6) is 5.75 Å². The molecule has 27 heavy (non-hydrogen) atoms. The quantitative estimate of drug-likeness (QED) is 0.718. The number of hydrogen-bond acceptors (Lipinski definition) is 7. The molecule has 1 aromatic heterocycles. The summed E-state index contributed by atoms with van der Waals surface area (Å²) in [5.41, 5.74) is 0.862. The van der Waals surface area contributed by atoms with Gasteiger partial charge in [0.15, 0.2) is 0 Å². The molecule has 8 heteroatoms. The summed E-state index contributed by atoms with van der Waals surface area (Å²) in [5.74, 6) is 1.66. The van der Waals surface area contributed by atoms with Crippen molar-refractivity contribution >= 4 is 11.9 Å². The second-order valence-electron chi connectivity index (χ2n) is 6.42. The molecule has 0 bridgehead atoms. The Balaban J connectivity index is 1.54. The Hall–Kier alpha value is -2.90. The van der Waals surface area contributed by atoms with Crippen LogP contribution in [0.2, 0.25) is 0 Å². The van der Waals surface area contributed by atoms with Gasteiger partial charge in [-0.3, -0.25) is 9.59 Å². The number of nitrogens with zero attached hydrogens (tertiary/aromatic N) is 3. The van der Waals surface area contributed by atoms with Crippen LogP contribution in [0.15, 0.2) is 28.8 Å². The molecule has 0 N–H and O–H groups in total. The molecule has 1 aliphatic heterocycles. The second-order valence-corrected chi connectivity index (χ2v) is 6.42. The Labute approximate surface area is 157 Å². The fraction of sp³-hybridized carbons (Fsp3) is 0.474. The molecular weight excluding hydrogens is 350 g/mol. The van der Waals surface area contributed by atoms with Gasteiger partial charge in [-0.15, -0.1) is 0 Å². The van der Waals surface area contributed by atoms with Crippen LogP contribution >= 0.6 is 0 Å². The smallest absolute Gasteiger partial charge is 0.306 e. The van der Waals surface area contributed by atoms with Crippen molar-refractivity contribution in [3.8, 4) is 17.1 Å². The number of methoxy groups -OCH3 is 2. The molecule has 0 aliphatic carbocycles. The van der Waals surface area contributed by atoms with E-state index in [2.05, 4.69) is 14.9 Å². The van der Waals surface area contributed by atoms with Gasteiger partial charge in [0.25, 0.3) is 0 Å². The van der Waals surface area contributed by atoms with Gasteiger partial charge >= 0.3 is 5.97 Å². The predicted molar refractivity (Wildman–Crippen MR) is 96.1 cm³/mol. The third-order valence-corrected chi connectivity index (χ3v) is 4.76. The topological polar surface area (TPSA) is 94.8 Å². The van der Waals surface area contributed by atoms with E-state index in [4.69, 9.17) is 9.26 Å². The lowest BCUT2D eigenvalue weighted by Crippen LogP contribution is -2.38. The zero-order valence-electron chi connectivity index (χ0n) is 15.5. The van der Waals surface area contributed by atoms with E-state index in [1.165, 1.54) is 7.11 Å². The zero-order chi connectivity index (χ0) is 19.2. The summed E-state index contributed by atoms with van der Waals surface area (Å²) in [6.45, 7) is 1.23. The van der Waals surface area contributed by atoms with Gasteiger partial charge in [0.05, 0.1) is 20.6 Å². The van der Waals surface area contributed by atoms with Crippen molar-refractivity contribution in [3.05, 3.63) is 30.2 Å². The standard InChI is InChI=1S/C19H23N3O5/c1-25-15-5-3-13(4-6-15)18-20-19(27-21-18)14-9-11-22(12-10-14)16(23)7-8-17(24)26-2/h3-6,14H,7-12H2,1-2H3. The molecule has 8 nitrogen and oxygen atoms in total. The monoisotopic (exact) mass is 373 g/mol. The van der Waals surface area contributed by atoms with Gasteiger partial charge in [-0.25, -0.2) is 0 Å². The molecule has 0 radical (unpaired) electrons. The van der Waals surface area contributed by atoms with Crippen molar-refractivity contribution in [1.29, 1.82) is 0 Å². The van der Waals surface area contributed by atoms with E-state index in [1.54, 1.807) is 12.0 Å². The van der Waals surface area contributed by atoms with Crippen molar-refractivity contribution in [1.82, 2.24) is 15.0 Å². The predicted octanol–water partition coefficient (Wildman–Crippen LogP) is 2.40. The lowest BCUT2D eigenvalue weighted by molar-refractivity contribution is -0.143. The van der Waals surface area contributed by atoms with Crippen LogP contribution in [-0.2, 0) is 14.3 Å². The molecule has 0 unspecified atom stereocenters. The maximum absolute atomic E-state index is 12.2. The molecule has 1 fully saturated rings. The number of benzene rings is 1. The molecule has 3 rings (SSSR count). The SMILES string of the molecule is COC(=O)CCC(=O)N1CCC(c2nc(-c3ccc(OC)cc3)no2)CC1. The highest BCUT2D eigenvalue weighted by molar-refractivity contribution is 5.81. The normalized spacial score (nSPS) is 14.8. The first-order valence-electron chi connectivity index (χ1n) is 8.93. The molecule has 1 saturated heterocycles. The average Bonchev–Trinajstić information content (AvgIpc) is 3.22. The van der Waals surface area contributed by atoms with Crippen molar-refractivity contribution in [2.45, 2.75) is 31.6 Å². The van der Waals surface area contributed by atoms with E-state index in [1.807, 2.05) is 24.3 Å². The molecule has 144 valence electrons. The highest BCUT2D eigenvalue weighted by Crippen LogP contribution is 2.29. The Kier molecular flexibility index (Phi) is 6.05. The summed E-state index contributed by atoms with van der Waals surface area (Å²) in [4.78, 5) is 29.6. The number of esters is 1. The van der Waals surface area contributed by atoms with Gasteiger partial charge in [-0.05, 0) is 37.1 Å². The van der Waals surface area contributed by atoms with Gasteiger partial charge in [0, 0.05) is 31.0 Å². The van der Waals surface area contributed by atoms with Crippen LogP contribution in [0, 0.1) is 0 Å². The Morgan fingerprint density at radius 1 is 1.15 bits per heavy atom. The summed E-state index contributed by atoms with van der Waals surface area (Å²) in [5, 5.41) is 4.07. The number of likely N-dealkylation sites (tertiary alicyclic amines) is 1. The average molecular weight is 373 g/mol. The lowest BCUT2D eigenvalue weighted by Gasteiger charge is -2.30. The number of carbonyl (C=O) groups excluding carboxylic acids is 2. The minimum atomic E-state index is -0.366. The van der Waals surface area contributed by atoms with Crippen molar-refractivity contribution in [3.63, 3.8) is 0 Å². The summed E-state index contributed by atoms with van der Waals surface area (Å²) in [6, 6.07) is 7.47. The van der Waals surface area contributed by atoms with Crippen LogP contribution in [-0.4, -0.2) is 54.2 Å². The maximum atomic E-state index is 12.2. The minimum absolute atomic E-state index is 0.0247. The third kappa shape index (κ3) is 4.64.